The fourth-order valence-corrected chi connectivity index (χ4v) is 5.64. The molecule has 3 heterocycles. The van der Waals surface area contributed by atoms with E-state index in [-0.39, 0.29) is 17.9 Å². The van der Waals surface area contributed by atoms with Crippen molar-refractivity contribution in [2.24, 2.45) is 4.99 Å². The van der Waals surface area contributed by atoms with Gasteiger partial charge in [-0.3, -0.25) is 9.79 Å². The van der Waals surface area contributed by atoms with Gasteiger partial charge in [-0.2, -0.15) is 0 Å². The first-order valence-electron chi connectivity index (χ1n) is 10.6. The van der Waals surface area contributed by atoms with Crippen molar-refractivity contribution in [3.05, 3.63) is 0 Å². The van der Waals surface area contributed by atoms with E-state index in [1.807, 2.05) is 13.8 Å². The third-order valence-electron chi connectivity index (χ3n) is 5.47. The summed E-state index contributed by atoms with van der Waals surface area (Å²) in [5, 5.41) is -0.199. The molecule has 3 aliphatic heterocycles. The molecular formula is C20H31N3O6S. The quantitative estimate of drug-likeness (QED) is 0.204. The Morgan fingerprint density at radius 2 is 1.90 bits per heavy atom. The first kappa shape index (κ1) is 22.7. The number of hydrogen-bond donors (Lipinski definition) is 0. The number of ether oxygens (including phenoxy) is 3. The second-order valence-corrected chi connectivity index (χ2v) is 10.00. The molecule has 0 aromatic heterocycles. The standard InChI is InChI=1S/C20H31N3O6S/c1-5-27-19(26)29-13(2)28-18(25)15-20(3,4)30-17-14(16(24)23(15)17)21-12-22-10-8-6-7-9-11-22/h12-15,17H,5-11H2,1-4H3/t13-,14+,15-,17+/m0/s1. The first-order chi connectivity index (χ1) is 14.2. The van der Waals surface area contributed by atoms with Gasteiger partial charge in [-0.25, -0.2) is 9.59 Å². The van der Waals surface area contributed by atoms with Gasteiger partial charge in [0.25, 0.3) is 5.91 Å². The minimum atomic E-state index is -1.11. The molecular weight excluding hydrogens is 410 g/mol. The summed E-state index contributed by atoms with van der Waals surface area (Å²) in [6.07, 6.45) is 4.54. The van der Waals surface area contributed by atoms with Crippen molar-refractivity contribution in [2.45, 2.75) is 81.9 Å². The maximum absolute atomic E-state index is 12.8. The number of rotatable bonds is 6. The Morgan fingerprint density at radius 3 is 2.53 bits per heavy atom. The van der Waals surface area contributed by atoms with Gasteiger partial charge in [-0.15, -0.1) is 11.8 Å². The van der Waals surface area contributed by atoms with Crippen LogP contribution in [0.1, 0.15) is 53.4 Å². The zero-order valence-corrected chi connectivity index (χ0v) is 18.9. The molecule has 3 fully saturated rings. The summed E-state index contributed by atoms with van der Waals surface area (Å²) in [6.45, 7) is 8.99. The van der Waals surface area contributed by atoms with Crippen molar-refractivity contribution in [1.29, 1.82) is 0 Å². The van der Waals surface area contributed by atoms with Crippen LogP contribution in [0.2, 0.25) is 0 Å². The molecule has 0 N–H and O–H groups in total. The largest absolute Gasteiger partial charge is 0.511 e. The van der Waals surface area contributed by atoms with E-state index in [1.165, 1.54) is 19.8 Å². The first-order valence-corrected chi connectivity index (χ1v) is 11.4. The zero-order valence-electron chi connectivity index (χ0n) is 18.0. The number of fused-ring (bicyclic) bond motifs is 1. The third-order valence-corrected chi connectivity index (χ3v) is 7.03. The number of hydrogen-bond acceptors (Lipinski definition) is 8. The molecule has 1 amide bonds. The van der Waals surface area contributed by atoms with Crippen LogP contribution in [0.3, 0.4) is 0 Å². The Hall–Kier alpha value is -1.97. The fraction of sp³-hybridized carbons (Fsp3) is 0.800. The molecule has 3 aliphatic rings. The van der Waals surface area contributed by atoms with Gasteiger partial charge in [0.05, 0.1) is 12.9 Å². The highest BCUT2D eigenvalue weighted by Gasteiger charge is 2.64. The van der Waals surface area contributed by atoms with E-state index in [0.29, 0.717) is 0 Å². The lowest BCUT2D eigenvalue weighted by Crippen LogP contribution is -2.65. The van der Waals surface area contributed by atoms with Gasteiger partial charge in [0.1, 0.15) is 11.4 Å². The Morgan fingerprint density at radius 1 is 1.23 bits per heavy atom. The second-order valence-electron chi connectivity index (χ2n) is 8.22. The molecule has 3 rings (SSSR count). The van der Waals surface area contributed by atoms with Crippen molar-refractivity contribution in [3.8, 4) is 0 Å². The lowest BCUT2D eigenvalue weighted by Gasteiger charge is -2.42. The van der Waals surface area contributed by atoms with Crippen LogP contribution >= 0.6 is 11.8 Å². The number of esters is 1. The summed E-state index contributed by atoms with van der Waals surface area (Å²) in [4.78, 5) is 45.3. The summed E-state index contributed by atoms with van der Waals surface area (Å²) in [5.74, 6) is -0.778. The number of aliphatic imine (C=N–C) groups is 1. The topological polar surface area (TPSA) is 97.7 Å². The van der Waals surface area contributed by atoms with E-state index in [9.17, 15) is 14.4 Å². The van der Waals surface area contributed by atoms with E-state index >= 15 is 0 Å². The smallest absolute Gasteiger partial charge is 0.435 e. The number of carbonyl (C=O) groups is 3. The maximum Gasteiger partial charge on any atom is 0.511 e. The minimum Gasteiger partial charge on any atom is -0.435 e. The van der Waals surface area contributed by atoms with E-state index in [0.717, 1.165) is 25.9 Å². The minimum absolute atomic E-state index is 0.162. The van der Waals surface area contributed by atoms with Crippen molar-refractivity contribution in [3.63, 3.8) is 0 Å². The molecule has 0 bridgehead atoms. The average molecular weight is 442 g/mol. The molecule has 30 heavy (non-hydrogen) atoms. The highest BCUT2D eigenvalue weighted by molar-refractivity contribution is 8.01. The highest BCUT2D eigenvalue weighted by atomic mass is 32.2. The molecule has 10 heteroatoms. The zero-order chi connectivity index (χ0) is 21.9. The monoisotopic (exact) mass is 441 g/mol. The number of β-lactam (4-membered cyclic amide) rings is 1. The normalized spacial score (nSPS) is 29.1. The van der Waals surface area contributed by atoms with E-state index < -0.39 is 35.2 Å². The van der Waals surface area contributed by atoms with Crippen LogP contribution in [0.5, 0.6) is 0 Å². The summed E-state index contributed by atoms with van der Waals surface area (Å²) in [6, 6.07) is -1.25. The van der Waals surface area contributed by atoms with Crippen LogP contribution in [0.4, 0.5) is 4.79 Å². The van der Waals surface area contributed by atoms with Gasteiger partial charge in [0, 0.05) is 24.8 Å². The van der Waals surface area contributed by atoms with Crippen LogP contribution in [0, 0.1) is 0 Å². The number of carbonyl (C=O) groups excluding carboxylic acids is 3. The van der Waals surface area contributed by atoms with E-state index in [2.05, 4.69) is 14.6 Å². The molecule has 0 saturated carbocycles. The van der Waals surface area contributed by atoms with E-state index in [1.54, 1.807) is 29.9 Å². The van der Waals surface area contributed by atoms with Crippen LogP contribution in [0.15, 0.2) is 4.99 Å². The predicted molar refractivity (Wildman–Crippen MR) is 112 cm³/mol. The third kappa shape index (κ3) is 4.84. The Labute approximate surface area is 181 Å². The predicted octanol–water partition coefficient (Wildman–Crippen LogP) is 2.38. The van der Waals surface area contributed by atoms with Crippen LogP contribution in [-0.4, -0.2) is 82.4 Å². The number of thioether (sulfide) groups is 1. The molecule has 4 atom stereocenters. The summed E-state index contributed by atoms with van der Waals surface area (Å²) in [7, 11) is 0. The molecule has 0 aromatic carbocycles. The van der Waals surface area contributed by atoms with Crippen LogP contribution < -0.4 is 0 Å². The Bertz CT molecular complexity index is 692. The van der Waals surface area contributed by atoms with Gasteiger partial charge >= 0.3 is 12.1 Å². The molecule has 0 aliphatic carbocycles. The second kappa shape index (κ2) is 9.45. The number of amides is 1. The van der Waals surface area contributed by atoms with Crippen molar-refractivity contribution in [2.75, 3.05) is 19.7 Å². The maximum atomic E-state index is 12.8. The molecule has 0 radical (unpaired) electrons. The van der Waals surface area contributed by atoms with Crippen molar-refractivity contribution < 1.29 is 28.6 Å². The molecule has 168 valence electrons. The Kier molecular flexibility index (Phi) is 7.15. The average Bonchev–Trinajstić information content (AvgIpc) is 2.81. The molecule has 0 aromatic rings. The van der Waals surface area contributed by atoms with Crippen LogP contribution in [0.25, 0.3) is 0 Å². The molecule has 3 saturated heterocycles. The van der Waals surface area contributed by atoms with Crippen molar-refractivity contribution >= 4 is 36.1 Å². The fourth-order valence-electron chi connectivity index (χ4n) is 4.03. The SMILES string of the molecule is CCOC(=O)O[C@@H](C)OC(=O)[C@@H]1N2C(=O)[C@@H](N=CN3CCCCCC3)[C@H]2SC1(C)C. The van der Waals surface area contributed by atoms with Gasteiger partial charge in [0.15, 0.2) is 6.04 Å². The van der Waals surface area contributed by atoms with Gasteiger partial charge < -0.3 is 24.0 Å². The number of nitrogens with zero attached hydrogens (tertiary/aromatic N) is 3. The van der Waals surface area contributed by atoms with Crippen molar-refractivity contribution in [1.82, 2.24) is 9.80 Å². The van der Waals surface area contributed by atoms with Gasteiger partial charge in [-0.1, -0.05) is 12.8 Å². The summed E-state index contributed by atoms with van der Waals surface area (Å²) < 4.78 is 14.3. The van der Waals surface area contributed by atoms with E-state index in [4.69, 9.17) is 9.47 Å². The van der Waals surface area contributed by atoms with Gasteiger partial charge in [-0.05, 0) is 33.6 Å². The number of likely N-dealkylation sites (tertiary alicyclic amines) is 1. The van der Waals surface area contributed by atoms with Gasteiger partial charge in [0.2, 0.25) is 6.29 Å². The summed E-state index contributed by atoms with van der Waals surface area (Å²) in [5.41, 5.74) is 0. The Balaban J connectivity index is 1.61. The molecule has 0 unspecified atom stereocenters. The lowest BCUT2D eigenvalue weighted by molar-refractivity contribution is -0.180. The molecule has 0 spiro atoms. The van der Waals surface area contributed by atoms with Crippen LogP contribution in [-0.2, 0) is 23.8 Å². The molecule has 9 nitrogen and oxygen atoms in total. The lowest BCUT2D eigenvalue weighted by atomic mass is 9.96. The highest BCUT2D eigenvalue weighted by Crippen LogP contribution is 2.52. The summed E-state index contributed by atoms with van der Waals surface area (Å²) >= 11 is 1.55.